The number of hydrogen-bond acceptors (Lipinski definition) is 3. The second-order valence-electron chi connectivity index (χ2n) is 6.05. The molecule has 1 aromatic heterocycles. The predicted octanol–water partition coefficient (Wildman–Crippen LogP) is 2.53. The van der Waals surface area contributed by atoms with Crippen LogP contribution in [0.1, 0.15) is 28.9 Å². The van der Waals surface area contributed by atoms with Gasteiger partial charge in [0.2, 0.25) is 0 Å². The number of likely N-dealkylation sites (N-methyl/N-ethyl adjacent to an activating group) is 1. The van der Waals surface area contributed by atoms with E-state index >= 15 is 0 Å². The van der Waals surface area contributed by atoms with E-state index in [4.69, 9.17) is 0 Å². The van der Waals surface area contributed by atoms with Crippen molar-refractivity contribution in [1.29, 1.82) is 0 Å². The lowest BCUT2D eigenvalue weighted by molar-refractivity contribution is 0.0644. The number of amides is 1. The largest absolute Gasteiger partial charge is 0.391 e. The van der Waals surface area contributed by atoms with Crippen LogP contribution in [-0.2, 0) is 0 Å². The number of hydrogen-bond donors (Lipinski definition) is 1. The molecule has 1 aromatic carbocycles. The summed E-state index contributed by atoms with van der Waals surface area (Å²) in [7, 11) is 1.68. The van der Waals surface area contributed by atoms with Crippen LogP contribution < -0.4 is 0 Å². The molecule has 1 heterocycles. The number of aliphatic hydroxyl groups is 1. The summed E-state index contributed by atoms with van der Waals surface area (Å²) in [5.74, 6) is -0.187. The Bertz CT molecular complexity index is 728. The number of aromatic nitrogens is 1. The number of carbonyl (C=O) groups is 1. The first kappa shape index (κ1) is 14.9. The number of aliphatic hydroxyl groups excluding tert-OH is 1. The maximum absolute atomic E-state index is 13.2. The van der Waals surface area contributed by atoms with Gasteiger partial charge < -0.3 is 10.0 Å². The van der Waals surface area contributed by atoms with Crippen LogP contribution in [0.15, 0.2) is 24.3 Å². The lowest BCUT2D eigenvalue weighted by atomic mass is 10.1. The van der Waals surface area contributed by atoms with Gasteiger partial charge in [-0.1, -0.05) is 0 Å². The zero-order chi connectivity index (χ0) is 15.9. The van der Waals surface area contributed by atoms with E-state index in [1.165, 1.54) is 17.0 Å². The van der Waals surface area contributed by atoms with Crippen LogP contribution >= 0.6 is 0 Å². The van der Waals surface area contributed by atoms with Gasteiger partial charge in [0.25, 0.3) is 5.91 Å². The highest BCUT2D eigenvalue weighted by Crippen LogP contribution is 2.32. The number of nitrogens with zero attached hydrogens (tertiary/aromatic N) is 2. The molecule has 1 aliphatic rings. The van der Waals surface area contributed by atoms with Gasteiger partial charge in [0.05, 0.1) is 22.9 Å². The summed E-state index contributed by atoms with van der Waals surface area (Å²) < 4.78 is 13.2. The van der Waals surface area contributed by atoms with Crippen LogP contribution in [-0.4, -0.2) is 40.6 Å². The van der Waals surface area contributed by atoms with Crippen molar-refractivity contribution in [3.05, 3.63) is 41.3 Å². The van der Waals surface area contributed by atoms with Crippen LogP contribution in [0, 0.1) is 18.7 Å². The van der Waals surface area contributed by atoms with Crippen molar-refractivity contribution < 1.29 is 14.3 Å². The number of fused-ring (bicyclic) bond motifs is 1. The van der Waals surface area contributed by atoms with Crippen LogP contribution in [0.5, 0.6) is 0 Å². The fraction of sp³-hybridized carbons (Fsp3) is 0.412. The molecule has 1 N–H and O–H groups in total. The van der Waals surface area contributed by atoms with Crippen LogP contribution in [0.25, 0.3) is 10.9 Å². The molecule has 3 rings (SSSR count). The molecule has 1 saturated carbocycles. The van der Waals surface area contributed by atoms with Gasteiger partial charge in [0, 0.05) is 25.0 Å². The minimum atomic E-state index is -0.461. The third-order valence-corrected chi connectivity index (χ3v) is 4.17. The first-order valence-corrected chi connectivity index (χ1v) is 7.46. The molecule has 0 radical (unpaired) electrons. The molecule has 0 saturated heterocycles. The van der Waals surface area contributed by atoms with E-state index in [2.05, 4.69) is 4.98 Å². The van der Waals surface area contributed by atoms with Gasteiger partial charge in [-0.05, 0) is 43.9 Å². The molecule has 1 fully saturated rings. The Labute approximate surface area is 128 Å². The molecule has 0 bridgehead atoms. The van der Waals surface area contributed by atoms with Crippen molar-refractivity contribution in [3.63, 3.8) is 0 Å². The summed E-state index contributed by atoms with van der Waals surface area (Å²) in [5.41, 5.74) is 1.59. The summed E-state index contributed by atoms with van der Waals surface area (Å²) in [6, 6.07) is 6.07. The Hall–Kier alpha value is -2.01. The molecule has 0 spiro atoms. The van der Waals surface area contributed by atoms with Crippen molar-refractivity contribution in [2.75, 3.05) is 13.6 Å². The lowest BCUT2D eigenvalue weighted by Gasteiger charge is -2.21. The van der Waals surface area contributed by atoms with Crippen molar-refractivity contribution in [1.82, 2.24) is 9.88 Å². The Morgan fingerprint density at radius 3 is 2.86 bits per heavy atom. The van der Waals surface area contributed by atoms with Crippen LogP contribution in [0.2, 0.25) is 0 Å². The van der Waals surface area contributed by atoms with E-state index in [0.717, 1.165) is 18.2 Å². The van der Waals surface area contributed by atoms with Gasteiger partial charge >= 0.3 is 0 Å². The van der Waals surface area contributed by atoms with E-state index in [0.29, 0.717) is 29.2 Å². The highest BCUT2D eigenvalue weighted by atomic mass is 19.1. The smallest absolute Gasteiger partial charge is 0.255 e. The third-order valence-electron chi connectivity index (χ3n) is 4.17. The Balaban J connectivity index is 1.86. The van der Waals surface area contributed by atoms with Crippen molar-refractivity contribution in [3.8, 4) is 0 Å². The van der Waals surface area contributed by atoms with Crippen LogP contribution in [0.3, 0.4) is 0 Å². The van der Waals surface area contributed by atoms with E-state index in [-0.39, 0.29) is 11.7 Å². The summed E-state index contributed by atoms with van der Waals surface area (Å²) in [6.07, 6.45) is 1.60. The second-order valence-corrected chi connectivity index (χ2v) is 6.05. The number of pyridine rings is 1. The van der Waals surface area contributed by atoms with Gasteiger partial charge in [0.1, 0.15) is 5.82 Å². The van der Waals surface area contributed by atoms with Gasteiger partial charge in [-0.25, -0.2) is 4.39 Å². The minimum absolute atomic E-state index is 0.170. The predicted molar refractivity (Wildman–Crippen MR) is 82.1 cm³/mol. The molecule has 2 aromatic rings. The van der Waals surface area contributed by atoms with Crippen molar-refractivity contribution in [2.45, 2.75) is 25.9 Å². The van der Waals surface area contributed by atoms with Gasteiger partial charge in [-0.2, -0.15) is 0 Å². The highest BCUT2D eigenvalue weighted by Gasteiger charge is 2.31. The quantitative estimate of drug-likeness (QED) is 0.944. The average Bonchev–Trinajstić information content (AvgIpc) is 3.30. The fourth-order valence-corrected chi connectivity index (χ4v) is 2.65. The maximum atomic E-state index is 13.2. The molecule has 1 atom stereocenters. The molecule has 116 valence electrons. The molecular formula is C17H19FN2O2. The lowest BCUT2D eigenvalue weighted by Crippen LogP contribution is -2.35. The molecule has 5 heteroatoms. The third kappa shape index (κ3) is 2.95. The summed E-state index contributed by atoms with van der Waals surface area (Å²) in [5, 5.41) is 10.7. The molecule has 1 aliphatic carbocycles. The molecule has 4 nitrogen and oxygen atoms in total. The Morgan fingerprint density at radius 2 is 2.18 bits per heavy atom. The van der Waals surface area contributed by atoms with Crippen molar-refractivity contribution in [2.24, 2.45) is 5.92 Å². The van der Waals surface area contributed by atoms with Gasteiger partial charge in [-0.15, -0.1) is 0 Å². The highest BCUT2D eigenvalue weighted by molar-refractivity contribution is 5.98. The molecule has 22 heavy (non-hydrogen) atoms. The van der Waals surface area contributed by atoms with Crippen LogP contribution in [0.4, 0.5) is 4.39 Å². The van der Waals surface area contributed by atoms with E-state index < -0.39 is 6.10 Å². The van der Waals surface area contributed by atoms with E-state index in [1.54, 1.807) is 26.1 Å². The second kappa shape index (κ2) is 5.65. The molecule has 1 unspecified atom stereocenters. The monoisotopic (exact) mass is 302 g/mol. The minimum Gasteiger partial charge on any atom is -0.391 e. The first-order chi connectivity index (χ1) is 10.5. The summed E-state index contributed by atoms with van der Waals surface area (Å²) in [4.78, 5) is 18.4. The van der Waals surface area contributed by atoms with Gasteiger partial charge in [-0.3, -0.25) is 9.78 Å². The average molecular weight is 302 g/mol. The first-order valence-electron chi connectivity index (χ1n) is 7.46. The van der Waals surface area contributed by atoms with E-state index in [9.17, 15) is 14.3 Å². The number of aryl methyl sites for hydroxylation is 1. The number of rotatable bonds is 4. The normalized spacial score (nSPS) is 15.8. The SMILES string of the molecule is Cc1nc2cc(F)ccc2cc1C(=O)N(C)CC(O)C1CC1. The molecular weight excluding hydrogens is 283 g/mol. The number of halogens is 1. The zero-order valence-electron chi connectivity index (χ0n) is 12.7. The molecule has 0 aliphatic heterocycles. The topological polar surface area (TPSA) is 53.4 Å². The van der Waals surface area contributed by atoms with Gasteiger partial charge in [0.15, 0.2) is 0 Å². The van der Waals surface area contributed by atoms with E-state index in [1.807, 2.05) is 0 Å². The van der Waals surface area contributed by atoms with Crippen molar-refractivity contribution >= 4 is 16.8 Å². The zero-order valence-corrected chi connectivity index (χ0v) is 12.7. The summed E-state index contributed by atoms with van der Waals surface area (Å²) >= 11 is 0. The number of benzene rings is 1. The maximum Gasteiger partial charge on any atom is 0.255 e. The Kier molecular flexibility index (Phi) is 3.83. The standard InChI is InChI=1S/C17H19FN2O2/c1-10-14(7-12-5-6-13(18)8-15(12)19-10)17(22)20(2)9-16(21)11-3-4-11/h5-8,11,16,21H,3-4,9H2,1-2H3. The number of carbonyl (C=O) groups excluding carboxylic acids is 1. The fourth-order valence-electron chi connectivity index (χ4n) is 2.65. The molecule has 1 amide bonds. The summed E-state index contributed by atoms with van der Waals surface area (Å²) in [6.45, 7) is 2.06. The Morgan fingerprint density at radius 1 is 1.45 bits per heavy atom.